The Labute approximate surface area is 85.2 Å². The minimum Gasteiger partial charge on any atom is -0.330 e. The summed E-state index contributed by atoms with van der Waals surface area (Å²) in [4.78, 5) is 2.63. The molecule has 3 heteroatoms. The third-order valence-corrected chi connectivity index (χ3v) is 4.57. The molecule has 0 aromatic rings. The van der Waals surface area contributed by atoms with E-state index >= 15 is 0 Å². The van der Waals surface area contributed by atoms with E-state index in [1.165, 1.54) is 44.0 Å². The van der Waals surface area contributed by atoms with Crippen LogP contribution in [0.1, 0.15) is 12.8 Å². The lowest BCUT2D eigenvalue weighted by Gasteiger charge is -2.36. The van der Waals surface area contributed by atoms with Crippen molar-refractivity contribution in [2.24, 2.45) is 17.6 Å². The molecule has 0 aromatic heterocycles. The minimum absolute atomic E-state index is 0.779. The number of nitrogens with two attached hydrogens (primary N) is 1. The second-order valence-electron chi connectivity index (χ2n) is 4.41. The maximum absolute atomic E-state index is 5.71. The standard InChI is InChI=1S/C10H20N2S/c11-4-9-2-1-3-12(5-9)6-10-7-13-8-10/h9-10H,1-8,11H2. The SMILES string of the molecule is NCC1CCCN(CC2CSC2)C1. The van der Waals surface area contributed by atoms with E-state index in [4.69, 9.17) is 5.73 Å². The van der Waals surface area contributed by atoms with Crippen LogP contribution in [0.15, 0.2) is 0 Å². The summed E-state index contributed by atoms with van der Waals surface area (Å²) < 4.78 is 0. The van der Waals surface area contributed by atoms with Crippen molar-refractivity contribution in [3.63, 3.8) is 0 Å². The van der Waals surface area contributed by atoms with E-state index in [0.717, 1.165) is 18.4 Å². The van der Waals surface area contributed by atoms with Crippen LogP contribution >= 0.6 is 11.8 Å². The normalized spacial score (nSPS) is 31.6. The molecule has 2 N–H and O–H groups in total. The van der Waals surface area contributed by atoms with Crippen molar-refractivity contribution in [2.75, 3.05) is 37.7 Å². The summed E-state index contributed by atoms with van der Waals surface area (Å²) >= 11 is 2.09. The molecule has 1 atom stereocenters. The van der Waals surface area contributed by atoms with E-state index in [1.807, 2.05) is 0 Å². The predicted molar refractivity (Wildman–Crippen MR) is 59.0 cm³/mol. The van der Waals surface area contributed by atoms with Gasteiger partial charge in [0.15, 0.2) is 0 Å². The summed E-state index contributed by atoms with van der Waals surface area (Å²) in [6, 6.07) is 0. The van der Waals surface area contributed by atoms with E-state index in [-0.39, 0.29) is 0 Å². The van der Waals surface area contributed by atoms with Crippen molar-refractivity contribution in [3.05, 3.63) is 0 Å². The lowest BCUT2D eigenvalue weighted by Crippen LogP contribution is -2.43. The molecule has 2 aliphatic rings. The Bertz CT molecular complexity index is 157. The molecule has 2 aliphatic heterocycles. The van der Waals surface area contributed by atoms with Crippen molar-refractivity contribution >= 4 is 11.8 Å². The first-order chi connectivity index (χ1) is 6.38. The average Bonchev–Trinajstić information content (AvgIpc) is 2.12. The second kappa shape index (κ2) is 4.67. The Morgan fingerprint density at radius 3 is 2.77 bits per heavy atom. The van der Waals surface area contributed by atoms with Gasteiger partial charge in [-0.2, -0.15) is 11.8 Å². The molecule has 2 heterocycles. The third kappa shape index (κ3) is 2.61. The summed E-state index contributed by atoms with van der Waals surface area (Å²) in [5.41, 5.74) is 5.71. The Kier molecular flexibility index (Phi) is 3.52. The molecule has 0 aromatic carbocycles. The lowest BCUT2D eigenvalue weighted by molar-refractivity contribution is 0.161. The van der Waals surface area contributed by atoms with E-state index < -0.39 is 0 Å². The zero-order valence-corrected chi connectivity index (χ0v) is 9.06. The van der Waals surface area contributed by atoms with E-state index in [0.29, 0.717) is 0 Å². The van der Waals surface area contributed by atoms with E-state index in [1.54, 1.807) is 0 Å². The van der Waals surface area contributed by atoms with Crippen LogP contribution in [0.25, 0.3) is 0 Å². The zero-order valence-electron chi connectivity index (χ0n) is 8.24. The number of rotatable bonds is 3. The van der Waals surface area contributed by atoms with Crippen molar-refractivity contribution in [3.8, 4) is 0 Å². The summed E-state index contributed by atoms with van der Waals surface area (Å²) in [7, 11) is 0. The first-order valence-electron chi connectivity index (χ1n) is 5.38. The molecular weight excluding hydrogens is 180 g/mol. The predicted octanol–water partition coefficient (Wildman–Crippen LogP) is 1.02. The average molecular weight is 200 g/mol. The van der Waals surface area contributed by atoms with Gasteiger partial charge in [-0.15, -0.1) is 0 Å². The van der Waals surface area contributed by atoms with E-state index in [2.05, 4.69) is 16.7 Å². The molecule has 0 spiro atoms. The highest BCUT2D eigenvalue weighted by Gasteiger charge is 2.24. The second-order valence-corrected chi connectivity index (χ2v) is 5.48. The van der Waals surface area contributed by atoms with Crippen LogP contribution in [0, 0.1) is 11.8 Å². The molecule has 76 valence electrons. The highest BCUT2D eigenvalue weighted by molar-refractivity contribution is 8.00. The number of thioether (sulfide) groups is 1. The van der Waals surface area contributed by atoms with Crippen LogP contribution in [0.5, 0.6) is 0 Å². The fourth-order valence-electron chi connectivity index (χ4n) is 2.26. The number of likely N-dealkylation sites (tertiary alicyclic amines) is 1. The van der Waals surface area contributed by atoms with Crippen LogP contribution < -0.4 is 5.73 Å². The summed E-state index contributed by atoms with van der Waals surface area (Å²) in [5.74, 6) is 4.55. The van der Waals surface area contributed by atoms with Gasteiger partial charge >= 0.3 is 0 Å². The smallest absolute Gasteiger partial charge is 0.00256 e. The molecule has 2 nitrogen and oxygen atoms in total. The quantitative estimate of drug-likeness (QED) is 0.737. The third-order valence-electron chi connectivity index (χ3n) is 3.16. The van der Waals surface area contributed by atoms with Gasteiger partial charge in [-0.25, -0.2) is 0 Å². The van der Waals surface area contributed by atoms with Gasteiger partial charge in [0.1, 0.15) is 0 Å². The van der Waals surface area contributed by atoms with Gasteiger partial charge in [0.2, 0.25) is 0 Å². The highest BCUT2D eigenvalue weighted by Crippen LogP contribution is 2.26. The van der Waals surface area contributed by atoms with Crippen molar-refractivity contribution < 1.29 is 0 Å². The Balaban J connectivity index is 1.71. The van der Waals surface area contributed by atoms with Crippen LogP contribution in [0.3, 0.4) is 0 Å². The Morgan fingerprint density at radius 1 is 1.31 bits per heavy atom. The topological polar surface area (TPSA) is 29.3 Å². The van der Waals surface area contributed by atoms with Gasteiger partial charge in [-0.3, -0.25) is 0 Å². The van der Waals surface area contributed by atoms with Gasteiger partial charge in [0.25, 0.3) is 0 Å². The van der Waals surface area contributed by atoms with Crippen molar-refractivity contribution in [1.29, 1.82) is 0 Å². The van der Waals surface area contributed by atoms with Gasteiger partial charge in [0, 0.05) is 13.1 Å². The maximum atomic E-state index is 5.71. The largest absolute Gasteiger partial charge is 0.330 e. The fourth-order valence-corrected chi connectivity index (χ4v) is 3.04. The number of nitrogens with zero attached hydrogens (tertiary/aromatic N) is 1. The van der Waals surface area contributed by atoms with Crippen molar-refractivity contribution in [1.82, 2.24) is 4.90 Å². The maximum Gasteiger partial charge on any atom is 0.00256 e. The molecule has 0 saturated carbocycles. The van der Waals surface area contributed by atoms with Gasteiger partial charge in [0.05, 0.1) is 0 Å². The molecule has 2 fully saturated rings. The van der Waals surface area contributed by atoms with Crippen LogP contribution in [-0.4, -0.2) is 42.6 Å². The number of hydrogen-bond donors (Lipinski definition) is 1. The molecule has 0 amide bonds. The van der Waals surface area contributed by atoms with Crippen LogP contribution in [0.2, 0.25) is 0 Å². The first-order valence-corrected chi connectivity index (χ1v) is 6.54. The Hall–Kier alpha value is 0.270. The minimum atomic E-state index is 0.779. The molecule has 0 aliphatic carbocycles. The van der Waals surface area contributed by atoms with Gasteiger partial charge in [-0.1, -0.05) is 0 Å². The van der Waals surface area contributed by atoms with E-state index in [9.17, 15) is 0 Å². The molecule has 2 saturated heterocycles. The number of piperidine rings is 1. The summed E-state index contributed by atoms with van der Waals surface area (Å²) in [5, 5.41) is 0. The number of hydrogen-bond acceptors (Lipinski definition) is 3. The Morgan fingerprint density at radius 2 is 2.15 bits per heavy atom. The zero-order chi connectivity index (χ0) is 9.10. The molecule has 2 rings (SSSR count). The first kappa shape index (κ1) is 9.81. The lowest BCUT2D eigenvalue weighted by atomic mass is 9.97. The van der Waals surface area contributed by atoms with Crippen LogP contribution in [-0.2, 0) is 0 Å². The van der Waals surface area contributed by atoms with Crippen molar-refractivity contribution in [2.45, 2.75) is 12.8 Å². The fraction of sp³-hybridized carbons (Fsp3) is 1.00. The monoisotopic (exact) mass is 200 g/mol. The highest BCUT2D eigenvalue weighted by atomic mass is 32.2. The summed E-state index contributed by atoms with van der Waals surface area (Å²) in [6.07, 6.45) is 2.72. The molecule has 13 heavy (non-hydrogen) atoms. The molecule has 1 unspecified atom stereocenters. The molecular formula is C10H20N2S. The van der Waals surface area contributed by atoms with Gasteiger partial charge in [-0.05, 0) is 49.3 Å². The molecule has 0 radical (unpaired) electrons. The van der Waals surface area contributed by atoms with Gasteiger partial charge < -0.3 is 10.6 Å². The molecule has 0 bridgehead atoms. The summed E-state index contributed by atoms with van der Waals surface area (Å²) in [6.45, 7) is 4.80. The van der Waals surface area contributed by atoms with Crippen LogP contribution in [0.4, 0.5) is 0 Å².